The van der Waals surface area contributed by atoms with Crippen molar-refractivity contribution in [1.29, 1.82) is 0 Å². The van der Waals surface area contributed by atoms with Gasteiger partial charge in [-0.25, -0.2) is 4.98 Å². The van der Waals surface area contributed by atoms with Crippen molar-refractivity contribution in [3.05, 3.63) is 64.7 Å². The van der Waals surface area contributed by atoms with Crippen molar-refractivity contribution in [2.75, 3.05) is 0 Å². The molecule has 0 saturated carbocycles. The Morgan fingerprint density at radius 3 is 2.78 bits per heavy atom. The smallest absolute Gasteiger partial charge is 0.0762 e. The molecule has 1 aromatic heterocycles. The highest BCUT2D eigenvalue weighted by molar-refractivity contribution is 6.33. The fourth-order valence-electron chi connectivity index (χ4n) is 2.70. The van der Waals surface area contributed by atoms with Crippen LogP contribution >= 0.6 is 11.6 Å². The van der Waals surface area contributed by atoms with Gasteiger partial charge in [-0.1, -0.05) is 41.9 Å². The molecule has 0 unspecified atom stereocenters. The summed E-state index contributed by atoms with van der Waals surface area (Å²) in [4.78, 5) is 4.77. The molecule has 3 aromatic rings. The molecule has 18 heavy (non-hydrogen) atoms. The molecule has 1 aliphatic carbocycles. The SMILES string of the molecule is Clc1cccc2c1-c1nc3ccccc3cc1C2. The van der Waals surface area contributed by atoms with Crippen molar-refractivity contribution < 1.29 is 0 Å². The highest BCUT2D eigenvalue weighted by Gasteiger charge is 2.22. The molecule has 86 valence electrons. The lowest BCUT2D eigenvalue weighted by Crippen LogP contribution is -1.86. The molecule has 0 spiro atoms. The second kappa shape index (κ2) is 3.56. The molecule has 0 amide bonds. The van der Waals surface area contributed by atoms with Crippen LogP contribution in [0.1, 0.15) is 11.1 Å². The van der Waals surface area contributed by atoms with E-state index in [1.54, 1.807) is 0 Å². The third-order valence-corrected chi connectivity index (χ3v) is 3.84. The lowest BCUT2D eigenvalue weighted by Gasteiger charge is -2.04. The summed E-state index contributed by atoms with van der Waals surface area (Å²) in [6, 6.07) is 16.5. The van der Waals surface area contributed by atoms with E-state index in [4.69, 9.17) is 16.6 Å². The Morgan fingerprint density at radius 1 is 0.944 bits per heavy atom. The van der Waals surface area contributed by atoms with E-state index in [0.717, 1.165) is 28.2 Å². The quantitative estimate of drug-likeness (QED) is 0.450. The lowest BCUT2D eigenvalue weighted by atomic mass is 10.1. The van der Waals surface area contributed by atoms with Crippen LogP contribution in [0.15, 0.2) is 48.5 Å². The lowest BCUT2D eigenvalue weighted by molar-refractivity contribution is 1.25. The average Bonchev–Trinajstić information content (AvgIpc) is 2.74. The zero-order chi connectivity index (χ0) is 12.1. The Balaban J connectivity index is 2.09. The van der Waals surface area contributed by atoms with Crippen molar-refractivity contribution in [3.8, 4) is 11.3 Å². The zero-order valence-corrected chi connectivity index (χ0v) is 10.4. The Labute approximate surface area is 110 Å². The van der Waals surface area contributed by atoms with E-state index in [1.165, 1.54) is 16.5 Å². The molecule has 2 heteroatoms. The molecule has 4 rings (SSSR count). The van der Waals surface area contributed by atoms with Gasteiger partial charge in [0.15, 0.2) is 0 Å². The fraction of sp³-hybridized carbons (Fsp3) is 0.0625. The summed E-state index contributed by atoms with van der Waals surface area (Å²) < 4.78 is 0. The number of halogens is 1. The maximum atomic E-state index is 6.31. The first-order valence-corrected chi connectivity index (χ1v) is 6.37. The Kier molecular flexibility index (Phi) is 2.00. The van der Waals surface area contributed by atoms with Gasteiger partial charge in [-0.2, -0.15) is 0 Å². The number of aromatic nitrogens is 1. The van der Waals surface area contributed by atoms with Crippen molar-refractivity contribution in [2.24, 2.45) is 0 Å². The number of benzene rings is 2. The largest absolute Gasteiger partial charge is 0.247 e. The summed E-state index contributed by atoms with van der Waals surface area (Å²) in [5.41, 5.74) is 5.75. The third-order valence-electron chi connectivity index (χ3n) is 3.52. The molecule has 1 nitrogen and oxygen atoms in total. The summed E-state index contributed by atoms with van der Waals surface area (Å²) >= 11 is 6.31. The van der Waals surface area contributed by atoms with Gasteiger partial charge in [-0.15, -0.1) is 0 Å². The summed E-state index contributed by atoms with van der Waals surface area (Å²) in [6.45, 7) is 0. The summed E-state index contributed by atoms with van der Waals surface area (Å²) in [5, 5.41) is 1.99. The molecule has 0 bridgehead atoms. The van der Waals surface area contributed by atoms with Gasteiger partial charge in [0.25, 0.3) is 0 Å². The van der Waals surface area contributed by atoms with Crippen molar-refractivity contribution in [1.82, 2.24) is 4.98 Å². The van der Waals surface area contributed by atoms with Crippen LogP contribution in [0.2, 0.25) is 5.02 Å². The van der Waals surface area contributed by atoms with E-state index in [2.05, 4.69) is 18.2 Å². The van der Waals surface area contributed by atoms with Gasteiger partial charge < -0.3 is 0 Å². The summed E-state index contributed by atoms with van der Waals surface area (Å²) in [7, 11) is 0. The van der Waals surface area contributed by atoms with E-state index < -0.39 is 0 Å². The number of nitrogens with zero attached hydrogens (tertiary/aromatic N) is 1. The zero-order valence-electron chi connectivity index (χ0n) is 9.65. The molecule has 0 N–H and O–H groups in total. The molecular formula is C16H10ClN. The predicted molar refractivity (Wildman–Crippen MR) is 75.0 cm³/mol. The van der Waals surface area contributed by atoms with Crippen LogP contribution in [0.3, 0.4) is 0 Å². The Morgan fingerprint density at radius 2 is 1.83 bits per heavy atom. The molecule has 0 radical (unpaired) electrons. The average molecular weight is 252 g/mol. The van der Waals surface area contributed by atoms with Gasteiger partial charge in [-0.05, 0) is 29.3 Å². The maximum Gasteiger partial charge on any atom is 0.0762 e. The standard InChI is InChI=1S/C16H10ClN/c17-13-6-3-5-11-9-12-8-10-4-1-2-7-14(10)18-16(12)15(11)13/h1-8H,9H2. The van der Waals surface area contributed by atoms with Crippen molar-refractivity contribution in [3.63, 3.8) is 0 Å². The first-order chi connectivity index (χ1) is 8.83. The Bertz CT molecular complexity index is 777. The number of fused-ring (bicyclic) bond motifs is 4. The van der Waals surface area contributed by atoms with Crippen LogP contribution in [-0.2, 0) is 6.42 Å². The van der Waals surface area contributed by atoms with Gasteiger partial charge >= 0.3 is 0 Å². The van der Waals surface area contributed by atoms with Crippen LogP contribution in [0.25, 0.3) is 22.2 Å². The number of hydrogen-bond acceptors (Lipinski definition) is 1. The minimum absolute atomic E-state index is 0.800. The molecular weight excluding hydrogens is 242 g/mol. The van der Waals surface area contributed by atoms with E-state index in [9.17, 15) is 0 Å². The first kappa shape index (κ1) is 10.1. The molecule has 0 aliphatic heterocycles. The number of pyridine rings is 1. The van der Waals surface area contributed by atoms with Crippen molar-refractivity contribution >= 4 is 22.5 Å². The van der Waals surface area contributed by atoms with Gasteiger partial charge in [0.1, 0.15) is 0 Å². The second-order valence-corrected chi connectivity index (χ2v) is 5.05. The van der Waals surface area contributed by atoms with Crippen LogP contribution < -0.4 is 0 Å². The Hall–Kier alpha value is -1.86. The van der Waals surface area contributed by atoms with Crippen LogP contribution in [0, 0.1) is 0 Å². The van der Waals surface area contributed by atoms with Crippen molar-refractivity contribution in [2.45, 2.75) is 6.42 Å². The number of rotatable bonds is 0. The molecule has 0 fully saturated rings. The fourth-order valence-corrected chi connectivity index (χ4v) is 2.98. The molecule has 1 heterocycles. The topological polar surface area (TPSA) is 12.9 Å². The first-order valence-electron chi connectivity index (χ1n) is 5.99. The van der Waals surface area contributed by atoms with Crippen LogP contribution in [-0.4, -0.2) is 4.98 Å². The van der Waals surface area contributed by atoms with Crippen LogP contribution in [0.5, 0.6) is 0 Å². The van der Waals surface area contributed by atoms with E-state index in [-0.39, 0.29) is 0 Å². The molecule has 1 aliphatic rings. The molecule has 0 atom stereocenters. The summed E-state index contributed by atoms with van der Waals surface area (Å²) in [5.74, 6) is 0. The normalized spacial score (nSPS) is 12.5. The number of para-hydroxylation sites is 1. The molecule has 0 saturated heterocycles. The van der Waals surface area contributed by atoms with E-state index in [1.807, 2.05) is 30.3 Å². The minimum Gasteiger partial charge on any atom is -0.247 e. The highest BCUT2D eigenvalue weighted by Crippen LogP contribution is 2.40. The van der Waals surface area contributed by atoms with E-state index in [0.29, 0.717) is 0 Å². The highest BCUT2D eigenvalue weighted by atomic mass is 35.5. The summed E-state index contributed by atoms with van der Waals surface area (Å²) in [6.07, 6.45) is 0.934. The maximum absolute atomic E-state index is 6.31. The second-order valence-electron chi connectivity index (χ2n) is 4.64. The van der Waals surface area contributed by atoms with Gasteiger partial charge in [-0.3, -0.25) is 0 Å². The predicted octanol–water partition coefficient (Wildman–Crippen LogP) is 4.46. The monoisotopic (exact) mass is 251 g/mol. The van der Waals surface area contributed by atoms with Gasteiger partial charge in [0.05, 0.1) is 16.2 Å². The minimum atomic E-state index is 0.800. The third kappa shape index (κ3) is 1.31. The van der Waals surface area contributed by atoms with E-state index >= 15 is 0 Å². The molecule has 2 aromatic carbocycles. The van der Waals surface area contributed by atoms with Gasteiger partial charge in [0, 0.05) is 17.4 Å². The van der Waals surface area contributed by atoms with Crippen LogP contribution in [0.4, 0.5) is 0 Å². The van der Waals surface area contributed by atoms with Gasteiger partial charge in [0.2, 0.25) is 0 Å². The number of hydrogen-bond donors (Lipinski definition) is 0.